The second kappa shape index (κ2) is 14.8. The number of aliphatic hydroxyl groups excluding tert-OH is 1. The van der Waals surface area contributed by atoms with Crippen molar-refractivity contribution in [3.63, 3.8) is 0 Å². The highest BCUT2D eigenvalue weighted by Crippen LogP contribution is 2.27. The number of hydrogen-bond acceptors (Lipinski definition) is 6. The van der Waals surface area contributed by atoms with E-state index in [1.807, 2.05) is 31.0 Å². The van der Waals surface area contributed by atoms with E-state index >= 15 is 0 Å². The zero-order chi connectivity index (χ0) is 27.4. The molecule has 1 aliphatic heterocycles. The monoisotopic (exact) mass is 510 g/mol. The van der Waals surface area contributed by atoms with Crippen LogP contribution >= 0.6 is 0 Å². The molecule has 0 aromatic heterocycles. The van der Waals surface area contributed by atoms with Crippen molar-refractivity contribution in [1.29, 1.82) is 0 Å². The number of anilines is 1. The predicted octanol–water partition coefficient (Wildman–Crippen LogP) is 4.31. The number of β-amino-alcohol motifs (C(OH)–C–C–N with tert-alkyl or cyclic N) is 1. The highest BCUT2D eigenvalue weighted by atomic mass is 16.3. The third kappa shape index (κ3) is 9.56. The Hall–Kier alpha value is -2.77. The molecule has 0 radical (unpaired) electrons. The highest BCUT2D eigenvalue weighted by molar-refractivity contribution is 5.89. The number of allylic oxidation sites excluding steroid dienone is 1. The summed E-state index contributed by atoms with van der Waals surface area (Å²) in [7, 11) is 1.97. The number of likely N-dealkylation sites (N-methyl/N-ethyl adjacent to an activating group) is 1. The van der Waals surface area contributed by atoms with E-state index in [-0.39, 0.29) is 29.5 Å². The smallest absolute Gasteiger partial charge is 0.247 e. The van der Waals surface area contributed by atoms with Gasteiger partial charge in [-0.1, -0.05) is 64.3 Å². The van der Waals surface area contributed by atoms with E-state index in [0.717, 1.165) is 30.4 Å². The van der Waals surface area contributed by atoms with Crippen molar-refractivity contribution < 1.29 is 14.7 Å². The summed E-state index contributed by atoms with van der Waals surface area (Å²) < 4.78 is 0. The summed E-state index contributed by atoms with van der Waals surface area (Å²) in [6.07, 6.45) is 12.4. The Balaban J connectivity index is 0.000000510. The Kier molecular flexibility index (Phi) is 12.2. The van der Waals surface area contributed by atoms with Crippen LogP contribution in [-0.2, 0) is 15.0 Å². The lowest BCUT2D eigenvalue weighted by atomic mass is 9.87. The summed E-state index contributed by atoms with van der Waals surface area (Å²) in [5.74, 6) is 0.0206. The second-order valence-electron chi connectivity index (χ2n) is 11.0. The quantitative estimate of drug-likeness (QED) is 0.275. The minimum absolute atomic E-state index is 0.0206. The Morgan fingerprint density at radius 1 is 1.22 bits per heavy atom. The third-order valence-electron chi connectivity index (χ3n) is 6.95. The van der Waals surface area contributed by atoms with E-state index in [1.165, 1.54) is 24.8 Å². The maximum atomic E-state index is 13.4. The molecule has 37 heavy (non-hydrogen) atoms. The highest BCUT2D eigenvalue weighted by Gasteiger charge is 2.29. The lowest BCUT2D eigenvalue weighted by Gasteiger charge is -2.33. The fourth-order valence-electron chi connectivity index (χ4n) is 4.78. The predicted molar refractivity (Wildman–Crippen MR) is 153 cm³/mol. The zero-order valence-electron chi connectivity index (χ0n) is 23.2. The molecule has 2 fully saturated rings. The largest absolute Gasteiger partial charge is 0.392 e. The normalized spacial score (nSPS) is 21.6. The number of nitrogens with zero attached hydrogens (tertiary/aromatic N) is 2. The van der Waals surface area contributed by atoms with Gasteiger partial charge in [-0.15, -0.1) is 0 Å². The van der Waals surface area contributed by atoms with Gasteiger partial charge in [0.1, 0.15) is 12.3 Å². The number of hydrogen-bond donors (Lipinski definition) is 3. The molecule has 3 rings (SSSR count). The van der Waals surface area contributed by atoms with Gasteiger partial charge in [0, 0.05) is 37.1 Å². The number of aliphatic hydroxyl groups is 1. The molecule has 7 heteroatoms. The topological polar surface area (TPSA) is 94.0 Å². The third-order valence-corrected chi connectivity index (χ3v) is 6.95. The van der Waals surface area contributed by atoms with Crippen LogP contribution in [0.15, 0.2) is 53.2 Å². The van der Waals surface area contributed by atoms with Crippen molar-refractivity contribution in [2.75, 3.05) is 18.5 Å². The van der Waals surface area contributed by atoms with Crippen molar-refractivity contribution in [2.45, 2.75) is 95.9 Å². The number of nitrogens with one attached hydrogen (secondary N) is 2. The number of rotatable bonds is 8. The van der Waals surface area contributed by atoms with Gasteiger partial charge in [0.25, 0.3) is 0 Å². The van der Waals surface area contributed by atoms with Gasteiger partial charge in [0.05, 0.1) is 12.1 Å². The molecule has 1 aromatic carbocycles. The van der Waals surface area contributed by atoms with Crippen LogP contribution in [0, 0.1) is 0 Å². The maximum absolute atomic E-state index is 13.4. The number of carbonyl (C=O) groups is 2. The molecule has 3 N–H and O–H groups in total. The Labute approximate surface area is 223 Å². The molecule has 1 heterocycles. The van der Waals surface area contributed by atoms with Gasteiger partial charge in [-0.25, -0.2) is 0 Å². The van der Waals surface area contributed by atoms with Crippen LogP contribution in [0.5, 0.6) is 0 Å². The summed E-state index contributed by atoms with van der Waals surface area (Å²) >= 11 is 0. The van der Waals surface area contributed by atoms with Gasteiger partial charge in [0.15, 0.2) is 0 Å². The van der Waals surface area contributed by atoms with E-state index in [2.05, 4.69) is 67.4 Å². The molecule has 0 bridgehead atoms. The first-order chi connectivity index (χ1) is 17.6. The van der Waals surface area contributed by atoms with Crippen molar-refractivity contribution in [3.05, 3.63) is 53.8 Å². The lowest BCUT2D eigenvalue weighted by molar-refractivity contribution is -0.122. The number of aldehydes is 1. The molecule has 204 valence electrons. The first-order valence-corrected chi connectivity index (χ1v) is 13.4. The van der Waals surface area contributed by atoms with Crippen LogP contribution in [0.1, 0.15) is 71.8 Å². The fraction of sp³-hybridized carbons (Fsp3) is 0.567. The van der Waals surface area contributed by atoms with Gasteiger partial charge in [-0.2, -0.15) is 0 Å². The molecule has 7 nitrogen and oxygen atoms in total. The van der Waals surface area contributed by atoms with E-state index in [1.54, 1.807) is 6.20 Å². The molecule has 1 saturated heterocycles. The number of carbonyl (C=O) groups excluding carboxylic acids is 2. The summed E-state index contributed by atoms with van der Waals surface area (Å²) in [5.41, 5.74) is 3.20. The molecule has 1 amide bonds. The van der Waals surface area contributed by atoms with Gasteiger partial charge >= 0.3 is 0 Å². The SMILES string of the molecule is C=N/C=C(\C=C/C)C(C(=O)NC1CCCCC1)N(C)c1ccc(C(C)(C)C)cc1.O=CC1CC(O)CN1. The number of benzene rings is 1. The molecule has 1 aliphatic carbocycles. The summed E-state index contributed by atoms with van der Waals surface area (Å²) in [6.45, 7) is 12.7. The van der Waals surface area contributed by atoms with Gasteiger partial charge in [-0.05, 0) is 56.0 Å². The standard InChI is InChI=1S/C25H37N3O.C5H9NO2/c1-7-11-19(18-26-5)23(24(29)27-21-12-9-8-10-13-21)28(6)22-16-14-20(15-17-22)25(2,3)4;7-3-4-1-5(8)2-6-4/h7,11,14-18,21,23H,5,8-10,12-13H2,1-4,6H3,(H,27,29);3-6,8H,1-2H2/b11-7-,19-18+;. The van der Waals surface area contributed by atoms with E-state index < -0.39 is 6.04 Å². The van der Waals surface area contributed by atoms with Crippen molar-refractivity contribution >= 4 is 24.6 Å². The summed E-state index contributed by atoms with van der Waals surface area (Å²) in [5, 5.41) is 14.9. The van der Waals surface area contributed by atoms with Crippen LogP contribution in [0.25, 0.3) is 0 Å². The van der Waals surface area contributed by atoms with Crippen LogP contribution in [-0.4, -0.2) is 61.8 Å². The minimum Gasteiger partial charge on any atom is -0.392 e. The molecular formula is C30H46N4O3. The molecule has 3 atom stereocenters. The molecule has 1 saturated carbocycles. The lowest BCUT2D eigenvalue weighted by Crippen LogP contribution is -2.49. The van der Waals surface area contributed by atoms with Crippen LogP contribution in [0.4, 0.5) is 5.69 Å². The Morgan fingerprint density at radius 2 is 1.86 bits per heavy atom. The van der Waals surface area contributed by atoms with E-state index in [4.69, 9.17) is 5.11 Å². The Morgan fingerprint density at radius 3 is 2.32 bits per heavy atom. The molecule has 3 unspecified atom stereocenters. The molecule has 2 aliphatic rings. The Bertz CT molecular complexity index is 927. The first kappa shape index (κ1) is 30.5. The van der Waals surface area contributed by atoms with Gasteiger partial charge < -0.3 is 25.4 Å². The second-order valence-corrected chi connectivity index (χ2v) is 11.0. The van der Waals surface area contributed by atoms with E-state index in [0.29, 0.717) is 13.0 Å². The average Bonchev–Trinajstić information content (AvgIpc) is 3.30. The minimum atomic E-state index is -0.459. The summed E-state index contributed by atoms with van der Waals surface area (Å²) in [6, 6.07) is 8.18. The van der Waals surface area contributed by atoms with Crippen molar-refractivity contribution in [2.24, 2.45) is 4.99 Å². The number of amides is 1. The van der Waals surface area contributed by atoms with Crippen molar-refractivity contribution in [3.8, 4) is 0 Å². The van der Waals surface area contributed by atoms with Crippen LogP contribution in [0.3, 0.4) is 0 Å². The van der Waals surface area contributed by atoms with Crippen LogP contribution < -0.4 is 15.5 Å². The molecule has 1 aromatic rings. The first-order valence-electron chi connectivity index (χ1n) is 13.4. The van der Waals surface area contributed by atoms with Gasteiger partial charge in [0.2, 0.25) is 5.91 Å². The molecular weight excluding hydrogens is 464 g/mol. The zero-order valence-corrected chi connectivity index (χ0v) is 23.2. The maximum Gasteiger partial charge on any atom is 0.247 e. The van der Waals surface area contributed by atoms with E-state index in [9.17, 15) is 9.59 Å². The summed E-state index contributed by atoms with van der Waals surface area (Å²) in [4.78, 5) is 29.3. The van der Waals surface area contributed by atoms with Crippen LogP contribution in [0.2, 0.25) is 0 Å². The number of aliphatic imine (C=N–C) groups is 1. The molecule has 0 spiro atoms. The van der Waals surface area contributed by atoms with Crippen molar-refractivity contribution in [1.82, 2.24) is 10.6 Å². The fourth-order valence-corrected chi connectivity index (χ4v) is 4.78. The average molecular weight is 511 g/mol. The van der Waals surface area contributed by atoms with Gasteiger partial charge in [-0.3, -0.25) is 9.79 Å².